The van der Waals surface area contributed by atoms with Crippen LogP contribution in [0, 0.1) is 0 Å². The van der Waals surface area contributed by atoms with Gasteiger partial charge in [-0.25, -0.2) is 0 Å². The second-order valence-corrected chi connectivity index (χ2v) is 6.02. The Morgan fingerprint density at radius 2 is 2.11 bits per heavy atom. The third kappa shape index (κ3) is 5.45. The molecule has 0 spiro atoms. The van der Waals surface area contributed by atoms with Crippen LogP contribution in [0.15, 0.2) is 12.3 Å². The van der Waals surface area contributed by atoms with E-state index in [1.54, 1.807) is 0 Å². The van der Waals surface area contributed by atoms with Gasteiger partial charge in [-0.05, 0) is 40.7 Å². The lowest BCUT2D eigenvalue weighted by molar-refractivity contribution is -0.118. The zero-order valence-corrected chi connectivity index (χ0v) is 12.2. The lowest BCUT2D eigenvalue weighted by Crippen LogP contribution is -2.37. The number of carbonyl (C=O) groups excluding carboxylic acids is 1. The topological polar surface area (TPSA) is 46.9 Å². The minimum Gasteiger partial charge on any atom is -0.312 e. The van der Waals surface area contributed by atoms with E-state index in [0.717, 1.165) is 12.2 Å². The Kier molecular flexibility index (Phi) is 5.08. The van der Waals surface area contributed by atoms with E-state index in [2.05, 4.69) is 45.0 Å². The second-order valence-electron chi connectivity index (χ2n) is 6.02. The number of carbonyl (C=O) groups is 1. The van der Waals surface area contributed by atoms with E-state index in [-0.39, 0.29) is 11.3 Å². The summed E-state index contributed by atoms with van der Waals surface area (Å²) in [6.07, 6.45) is 2.93. The molecule has 1 heterocycles. The fourth-order valence-corrected chi connectivity index (χ4v) is 1.63. The zero-order chi connectivity index (χ0) is 13.8. The molecule has 0 aromatic carbocycles. The number of Topliss-reactive ketones (excluding diaryl/α,β-unsaturated/α-hetero) is 1. The molecular weight excluding hydrogens is 226 g/mol. The highest BCUT2D eigenvalue weighted by molar-refractivity contribution is 5.80. The summed E-state index contributed by atoms with van der Waals surface area (Å²) in [5.74, 6) is 0.237. The maximum atomic E-state index is 11.8. The molecule has 18 heavy (non-hydrogen) atoms. The van der Waals surface area contributed by atoms with Gasteiger partial charge in [0.1, 0.15) is 5.78 Å². The maximum Gasteiger partial charge on any atom is 0.140 e. The van der Waals surface area contributed by atoms with Gasteiger partial charge in [0, 0.05) is 30.7 Å². The fraction of sp³-hybridized carbons (Fsp3) is 0.714. The first-order valence-electron chi connectivity index (χ1n) is 6.59. The lowest BCUT2D eigenvalue weighted by atomic mass is 10.1. The monoisotopic (exact) mass is 251 g/mol. The predicted octanol–water partition coefficient (Wildman–Crippen LogP) is 2.35. The smallest absolute Gasteiger partial charge is 0.140 e. The van der Waals surface area contributed by atoms with Gasteiger partial charge in [0.15, 0.2) is 0 Å². The van der Waals surface area contributed by atoms with Crippen LogP contribution in [0.25, 0.3) is 0 Å². The molecule has 0 bridgehead atoms. The van der Waals surface area contributed by atoms with Crippen molar-refractivity contribution >= 4 is 5.78 Å². The van der Waals surface area contributed by atoms with Gasteiger partial charge >= 0.3 is 0 Å². The largest absolute Gasteiger partial charge is 0.312 e. The van der Waals surface area contributed by atoms with Crippen molar-refractivity contribution in [3.05, 3.63) is 18.0 Å². The van der Waals surface area contributed by atoms with Crippen LogP contribution in [0.2, 0.25) is 0 Å². The van der Waals surface area contributed by atoms with E-state index in [0.29, 0.717) is 18.9 Å². The third-order valence-electron chi connectivity index (χ3n) is 2.63. The van der Waals surface area contributed by atoms with E-state index < -0.39 is 0 Å². The molecule has 0 saturated carbocycles. The van der Waals surface area contributed by atoms with E-state index in [1.807, 2.05) is 16.9 Å². The molecule has 1 aromatic rings. The van der Waals surface area contributed by atoms with E-state index in [4.69, 9.17) is 0 Å². The Morgan fingerprint density at radius 1 is 1.44 bits per heavy atom. The molecule has 102 valence electrons. The minimum absolute atomic E-state index is 0.0689. The van der Waals surface area contributed by atoms with Gasteiger partial charge in [-0.1, -0.05) is 0 Å². The summed E-state index contributed by atoms with van der Waals surface area (Å²) in [4.78, 5) is 11.8. The normalized spacial score (nSPS) is 12.1. The Balaban J connectivity index is 2.35. The molecule has 0 saturated heterocycles. The Labute approximate surface area is 110 Å². The molecule has 1 rings (SSSR count). The van der Waals surface area contributed by atoms with Crippen LogP contribution in [-0.2, 0) is 11.2 Å². The molecule has 0 atom stereocenters. The highest BCUT2D eigenvalue weighted by Crippen LogP contribution is 2.06. The standard InChI is InChI=1S/C14H25N3O/c1-11(2)17-9-7-12(16-17)10-13(18)6-8-15-14(3,4)5/h7,9,11,15H,6,8,10H2,1-5H3. The van der Waals surface area contributed by atoms with Crippen LogP contribution in [0.4, 0.5) is 0 Å². The van der Waals surface area contributed by atoms with E-state index >= 15 is 0 Å². The summed E-state index contributed by atoms with van der Waals surface area (Å²) in [5.41, 5.74) is 0.934. The molecule has 0 aliphatic rings. The van der Waals surface area contributed by atoms with Crippen molar-refractivity contribution in [3.63, 3.8) is 0 Å². The van der Waals surface area contributed by atoms with Crippen LogP contribution >= 0.6 is 0 Å². The van der Waals surface area contributed by atoms with Gasteiger partial charge in [0.2, 0.25) is 0 Å². The lowest BCUT2D eigenvalue weighted by Gasteiger charge is -2.19. The number of ketones is 1. The van der Waals surface area contributed by atoms with Crippen molar-refractivity contribution in [3.8, 4) is 0 Å². The van der Waals surface area contributed by atoms with Crippen molar-refractivity contribution in [2.24, 2.45) is 0 Å². The first-order chi connectivity index (χ1) is 8.28. The van der Waals surface area contributed by atoms with E-state index in [9.17, 15) is 4.79 Å². The average molecular weight is 251 g/mol. The molecule has 0 aliphatic heterocycles. The van der Waals surface area contributed by atoms with Crippen LogP contribution < -0.4 is 5.32 Å². The van der Waals surface area contributed by atoms with Crippen LogP contribution in [-0.4, -0.2) is 27.6 Å². The molecule has 0 radical (unpaired) electrons. The summed E-state index contributed by atoms with van der Waals surface area (Å²) >= 11 is 0. The van der Waals surface area contributed by atoms with Gasteiger partial charge in [0.25, 0.3) is 0 Å². The Hall–Kier alpha value is -1.16. The SMILES string of the molecule is CC(C)n1ccc(CC(=O)CCNC(C)(C)C)n1. The summed E-state index contributed by atoms with van der Waals surface area (Å²) in [6.45, 7) is 11.2. The van der Waals surface area contributed by atoms with Crippen molar-refractivity contribution in [2.45, 2.75) is 59.0 Å². The number of aromatic nitrogens is 2. The van der Waals surface area contributed by atoms with Crippen molar-refractivity contribution in [1.82, 2.24) is 15.1 Å². The highest BCUT2D eigenvalue weighted by Gasteiger charge is 2.11. The maximum absolute atomic E-state index is 11.8. The predicted molar refractivity (Wildman–Crippen MR) is 73.7 cm³/mol. The molecule has 4 heteroatoms. The van der Waals surface area contributed by atoms with Gasteiger partial charge in [0.05, 0.1) is 12.1 Å². The fourth-order valence-electron chi connectivity index (χ4n) is 1.63. The average Bonchev–Trinajstić information content (AvgIpc) is 2.64. The summed E-state index contributed by atoms with van der Waals surface area (Å²) in [6, 6.07) is 2.27. The van der Waals surface area contributed by atoms with Crippen molar-refractivity contribution < 1.29 is 4.79 Å². The second kappa shape index (κ2) is 6.14. The number of hydrogen-bond acceptors (Lipinski definition) is 3. The molecule has 1 N–H and O–H groups in total. The summed E-state index contributed by atoms with van der Waals surface area (Å²) in [7, 11) is 0. The Bertz CT molecular complexity index is 388. The van der Waals surface area contributed by atoms with Gasteiger partial charge in [-0.3, -0.25) is 9.48 Å². The first-order valence-corrected chi connectivity index (χ1v) is 6.59. The summed E-state index contributed by atoms with van der Waals surface area (Å²) < 4.78 is 1.88. The van der Waals surface area contributed by atoms with E-state index in [1.165, 1.54) is 0 Å². The molecule has 0 unspecified atom stereocenters. The van der Waals surface area contributed by atoms with Gasteiger partial charge in [-0.15, -0.1) is 0 Å². The van der Waals surface area contributed by atoms with Crippen LogP contribution in [0.3, 0.4) is 0 Å². The number of rotatable bonds is 6. The van der Waals surface area contributed by atoms with Crippen LogP contribution in [0.1, 0.15) is 52.8 Å². The molecule has 0 amide bonds. The molecule has 0 aliphatic carbocycles. The molecule has 4 nitrogen and oxygen atoms in total. The number of nitrogens with one attached hydrogen (secondary N) is 1. The number of hydrogen-bond donors (Lipinski definition) is 1. The first kappa shape index (κ1) is 14.9. The minimum atomic E-state index is 0.0689. The van der Waals surface area contributed by atoms with Crippen molar-refractivity contribution in [1.29, 1.82) is 0 Å². The summed E-state index contributed by atoms with van der Waals surface area (Å²) in [5, 5.41) is 7.70. The molecular formula is C14H25N3O. The third-order valence-corrected chi connectivity index (χ3v) is 2.63. The molecule has 1 aromatic heterocycles. The highest BCUT2D eigenvalue weighted by atomic mass is 16.1. The Morgan fingerprint density at radius 3 is 2.61 bits per heavy atom. The zero-order valence-electron chi connectivity index (χ0n) is 12.2. The van der Waals surface area contributed by atoms with Crippen molar-refractivity contribution in [2.75, 3.05) is 6.54 Å². The van der Waals surface area contributed by atoms with Gasteiger partial charge in [-0.2, -0.15) is 5.10 Å². The number of nitrogens with zero attached hydrogens (tertiary/aromatic N) is 2. The van der Waals surface area contributed by atoms with Gasteiger partial charge < -0.3 is 5.32 Å². The van der Waals surface area contributed by atoms with Crippen LogP contribution in [0.5, 0.6) is 0 Å². The molecule has 0 fully saturated rings. The quantitative estimate of drug-likeness (QED) is 0.844.